The first-order valence-corrected chi connectivity index (χ1v) is 7.22. The van der Waals surface area contributed by atoms with Crippen LogP contribution >= 0.6 is 11.3 Å². The third-order valence-corrected chi connectivity index (χ3v) is 4.32. The number of nitrogens with one attached hydrogen (secondary N) is 1. The summed E-state index contributed by atoms with van der Waals surface area (Å²) in [6.07, 6.45) is 1.15. The van der Waals surface area contributed by atoms with Gasteiger partial charge in [-0.25, -0.2) is 4.98 Å². The second kappa shape index (κ2) is 6.47. The summed E-state index contributed by atoms with van der Waals surface area (Å²) in [5, 5.41) is 6.67. The van der Waals surface area contributed by atoms with Crippen molar-refractivity contribution in [3.05, 3.63) is 16.1 Å². The van der Waals surface area contributed by atoms with Gasteiger partial charge in [-0.3, -0.25) is 4.90 Å². The van der Waals surface area contributed by atoms with Gasteiger partial charge >= 0.3 is 0 Å². The zero-order valence-corrected chi connectivity index (χ0v) is 12.5. The molecule has 1 N–H and O–H groups in total. The second-order valence-electron chi connectivity index (χ2n) is 5.03. The smallest absolute Gasteiger partial charge is 0.107 e. The normalized spacial score (nSPS) is 12.4. The van der Waals surface area contributed by atoms with E-state index in [0.29, 0.717) is 0 Å². The standard InChI is InChI=1S/C13H25N3S/c1-6-13(3,4)16(5)9-11-10-17-12(15-11)8-14-7-2/h10,14H,6-9H2,1-5H3. The van der Waals surface area contributed by atoms with Gasteiger partial charge in [-0.05, 0) is 33.9 Å². The quantitative estimate of drug-likeness (QED) is 0.812. The van der Waals surface area contributed by atoms with Crippen molar-refractivity contribution in [2.75, 3.05) is 13.6 Å². The molecule has 0 aliphatic carbocycles. The molecule has 1 heterocycles. The number of aromatic nitrogens is 1. The van der Waals surface area contributed by atoms with Crippen LogP contribution in [0.5, 0.6) is 0 Å². The molecule has 0 spiro atoms. The van der Waals surface area contributed by atoms with Gasteiger partial charge in [0.2, 0.25) is 0 Å². The van der Waals surface area contributed by atoms with Crippen LogP contribution in [0, 0.1) is 0 Å². The van der Waals surface area contributed by atoms with Crippen LogP contribution in [0.15, 0.2) is 5.38 Å². The molecule has 1 aromatic rings. The highest BCUT2D eigenvalue weighted by atomic mass is 32.1. The summed E-state index contributed by atoms with van der Waals surface area (Å²) in [5.41, 5.74) is 1.43. The van der Waals surface area contributed by atoms with Crippen LogP contribution in [0.1, 0.15) is 44.8 Å². The Balaban J connectivity index is 2.54. The number of nitrogens with zero attached hydrogens (tertiary/aromatic N) is 2. The van der Waals surface area contributed by atoms with Crippen molar-refractivity contribution in [2.24, 2.45) is 0 Å². The number of thiazole rings is 1. The van der Waals surface area contributed by atoms with Crippen molar-refractivity contribution < 1.29 is 0 Å². The third-order valence-electron chi connectivity index (χ3n) is 3.42. The van der Waals surface area contributed by atoms with E-state index >= 15 is 0 Å². The number of hydrogen-bond acceptors (Lipinski definition) is 4. The molecule has 0 fully saturated rings. The van der Waals surface area contributed by atoms with Crippen LogP contribution in [0.2, 0.25) is 0 Å². The predicted octanol–water partition coefficient (Wildman–Crippen LogP) is 2.87. The van der Waals surface area contributed by atoms with Gasteiger partial charge in [0.15, 0.2) is 0 Å². The van der Waals surface area contributed by atoms with E-state index in [-0.39, 0.29) is 5.54 Å². The van der Waals surface area contributed by atoms with Gasteiger partial charge in [0.25, 0.3) is 0 Å². The summed E-state index contributed by atoms with van der Waals surface area (Å²) >= 11 is 1.75. The van der Waals surface area contributed by atoms with Crippen LogP contribution in [-0.2, 0) is 13.1 Å². The maximum atomic E-state index is 4.65. The Hall–Kier alpha value is -0.450. The molecule has 0 radical (unpaired) electrons. The minimum absolute atomic E-state index is 0.242. The summed E-state index contributed by atoms with van der Waals surface area (Å²) in [4.78, 5) is 7.02. The molecule has 0 aliphatic heterocycles. The Bertz CT molecular complexity index is 333. The van der Waals surface area contributed by atoms with E-state index in [9.17, 15) is 0 Å². The van der Waals surface area contributed by atoms with Crippen molar-refractivity contribution in [1.29, 1.82) is 0 Å². The van der Waals surface area contributed by atoms with Gasteiger partial charge in [-0.1, -0.05) is 13.8 Å². The van der Waals surface area contributed by atoms with Gasteiger partial charge < -0.3 is 5.32 Å². The summed E-state index contributed by atoms with van der Waals surface area (Å²) in [6.45, 7) is 11.7. The maximum Gasteiger partial charge on any atom is 0.107 e. The fraction of sp³-hybridized carbons (Fsp3) is 0.769. The molecule has 0 amide bonds. The van der Waals surface area contributed by atoms with E-state index in [2.05, 4.69) is 55.3 Å². The lowest BCUT2D eigenvalue weighted by molar-refractivity contribution is 0.141. The molecule has 0 aromatic carbocycles. The van der Waals surface area contributed by atoms with Gasteiger partial charge in [-0.15, -0.1) is 11.3 Å². The molecule has 0 saturated carbocycles. The molecule has 17 heavy (non-hydrogen) atoms. The molecular weight excluding hydrogens is 230 g/mol. The van der Waals surface area contributed by atoms with Gasteiger partial charge in [-0.2, -0.15) is 0 Å². The fourth-order valence-electron chi connectivity index (χ4n) is 1.46. The summed E-state index contributed by atoms with van der Waals surface area (Å²) in [5.74, 6) is 0. The van der Waals surface area contributed by atoms with Crippen LogP contribution in [0.25, 0.3) is 0 Å². The summed E-state index contributed by atoms with van der Waals surface area (Å²) < 4.78 is 0. The van der Waals surface area contributed by atoms with Crippen molar-refractivity contribution in [3.8, 4) is 0 Å². The maximum absolute atomic E-state index is 4.65. The average molecular weight is 255 g/mol. The lowest BCUT2D eigenvalue weighted by Crippen LogP contribution is -2.39. The molecule has 98 valence electrons. The molecule has 3 nitrogen and oxygen atoms in total. The Morgan fingerprint density at radius 3 is 2.71 bits per heavy atom. The minimum Gasteiger partial charge on any atom is -0.311 e. The van der Waals surface area contributed by atoms with Crippen LogP contribution in [0.3, 0.4) is 0 Å². The second-order valence-corrected chi connectivity index (χ2v) is 5.98. The van der Waals surface area contributed by atoms with E-state index in [1.165, 1.54) is 10.7 Å². The Kier molecular flexibility index (Phi) is 5.56. The van der Waals surface area contributed by atoms with Crippen molar-refractivity contribution in [3.63, 3.8) is 0 Å². The number of rotatable bonds is 7. The van der Waals surface area contributed by atoms with Crippen molar-refractivity contribution in [1.82, 2.24) is 15.2 Å². The largest absolute Gasteiger partial charge is 0.311 e. The molecule has 1 rings (SSSR count). The molecule has 0 atom stereocenters. The van der Waals surface area contributed by atoms with Crippen LogP contribution in [-0.4, -0.2) is 29.0 Å². The molecule has 0 saturated heterocycles. The SMILES string of the molecule is CCNCc1nc(CN(C)C(C)(C)CC)cs1. The predicted molar refractivity (Wildman–Crippen MR) is 75.3 cm³/mol. The van der Waals surface area contributed by atoms with Crippen LogP contribution < -0.4 is 5.32 Å². The molecule has 1 aromatic heterocycles. The molecule has 0 bridgehead atoms. The van der Waals surface area contributed by atoms with Gasteiger partial charge in [0, 0.05) is 24.0 Å². The molecule has 0 aliphatic rings. The van der Waals surface area contributed by atoms with Crippen LogP contribution in [0.4, 0.5) is 0 Å². The first-order valence-electron chi connectivity index (χ1n) is 6.34. The van der Waals surface area contributed by atoms with E-state index in [0.717, 1.165) is 26.1 Å². The first-order chi connectivity index (χ1) is 7.99. The third kappa shape index (κ3) is 4.37. The topological polar surface area (TPSA) is 28.2 Å². The Labute approximate surface area is 109 Å². The molecule has 4 heteroatoms. The van der Waals surface area contributed by atoms with E-state index in [1.54, 1.807) is 11.3 Å². The zero-order chi connectivity index (χ0) is 12.9. The Morgan fingerprint density at radius 2 is 2.12 bits per heavy atom. The van der Waals surface area contributed by atoms with Gasteiger partial charge in [0.1, 0.15) is 5.01 Å². The minimum atomic E-state index is 0.242. The monoisotopic (exact) mass is 255 g/mol. The lowest BCUT2D eigenvalue weighted by Gasteiger charge is -2.34. The average Bonchev–Trinajstić information content (AvgIpc) is 2.74. The summed E-state index contributed by atoms with van der Waals surface area (Å²) in [6, 6.07) is 0. The number of hydrogen-bond donors (Lipinski definition) is 1. The molecule has 0 unspecified atom stereocenters. The molecular formula is C13H25N3S. The zero-order valence-electron chi connectivity index (χ0n) is 11.7. The van der Waals surface area contributed by atoms with Crippen molar-refractivity contribution in [2.45, 2.75) is 52.7 Å². The van der Waals surface area contributed by atoms with E-state index in [4.69, 9.17) is 0 Å². The van der Waals surface area contributed by atoms with Gasteiger partial charge in [0.05, 0.1) is 5.69 Å². The highest BCUT2D eigenvalue weighted by Crippen LogP contribution is 2.20. The Morgan fingerprint density at radius 1 is 1.41 bits per heavy atom. The highest BCUT2D eigenvalue weighted by molar-refractivity contribution is 7.09. The lowest BCUT2D eigenvalue weighted by atomic mass is 10.00. The highest BCUT2D eigenvalue weighted by Gasteiger charge is 2.21. The van der Waals surface area contributed by atoms with Crippen molar-refractivity contribution >= 4 is 11.3 Å². The summed E-state index contributed by atoms with van der Waals surface area (Å²) in [7, 11) is 2.17. The first kappa shape index (κ1) is 14.6. The van der Waals surface area contributed by atoms with E-state index in [1.807, 2.05) is 0 Å². The fourth-order valence-corrected chi connectivity index (χ4v) is 2.22. The van der Waals surface area contributed by atoms with E-state index < -0.39 is 0 Å².